The van der Waals surface area contributed by atoms with E-state index in [4.69, 9.17) is 5.73 Å². The molecule has 1 unspecified atom stereocenters. The molecule has 2 N–H and O–H groups in total. The summed E-state index contributed by atoms with van der Waals surface area (Å²) in [4.78, 5) is 4.16. The Morgan fingerprint density at radius 2 is 2.05 bits per heavy atom. The Bertz CT molecular complexity index is 418. The van der Waals surface area contributed by atoms with Crippen LogP contribution in [0, 0.1) is 5.92 Å². The van der Waals surface area contributed by atoms with Gasteiger partial charge in [-0.3, -0.25) is 4.90 Å². The molecular weight excluding hydrogens is 320 g/mol. The van der Waals surface area contributed by atoms with Gasteiger partial charge in [-0.05, 0) is 66.2 Å². The number of halogens is 1. The van der Waals surface area contributed by atoms with Crippen LogP contribution in [0.15, 0.2) is 15.9 Å². The summed E-state index contributed by atoms with van der Waals surface area (Å²) >= 11 is 5.43. The van der Waals surface area contributed by atoms with Crippen LogP contribution in [0.3, 0.4) is 0 Å². The minimum Gasteiger partial charge on any atom is -0.329 e. The number of likely N-dealkylation sites (tertiary alicyclic amines) is 1. The van der Waals surface area contributed by atoms with E-state index in [2.05, 4.69) is 33.0 Å². The summed E-state index contributed by atoms with van der Waals surface area (Å²) in [5.41, 5.74) is 6.12. The predicted octanol–water partition coefficient (Wildman–Crippen LogP) is 4.17. The number of rotatable bonds is 3. The van der Waals surface area contributed by atoms with Gasteiger partial charge >= 0.3 is 0 Å². The third kappa shape index (κ3) is 2.92. The zero-order valence-corrected chi connectivity index (χ0v) is 13.8. The van der Waals surface area contributed by atoms with Gasteiger partial charge in [0, 0.05) is 17.5 Å². The number of thiophene rings is 1. The lowest BCUT2D eigenvalue weighted by Crippen LogP contribution is -2.49. The van der Waals surface area contributed by atoms with E-state index in [1.54, 1.807) is 0 Å². The highest BCUT2D eigenvalue weighted by Crippen LogP contribution is 2.40. The summed E-state index contributed by atoms with van der Waals surface area (Å²) < 4.78 is 1.22. The van der Waals surface area contributed by atoms with Crippen LogP contribution in [0.4, 0.5) is 0 Å². The van der Waals surface area contributed by atoms with Crippen LogP contribution in [-0.2, 0) is 0 Å². The number of fused-ring (bicyclic) bond motifs is 1. The Hall–Kier alpha value is 0.1000. The molecule has 106 valence electrons. The first-order chi connectivity index (χ1) is 9.29. The average Bonchev–Trinajstić information content (AvgIpc) is 2.86. The van der Waals surface area contributed by atoms with Crippen LogP contribution < -0.4 is 5.73 Å². The average molecular weight is 343 g/mol. The van der Waals surface area contributed by atoms with Crippen LogP contribution in [0.5, 0.6) is 0 Å². The largest absolute Gasteiger partial charge is 0.329 e. The predicted molar refractivity (Wildman–Crippen MR) is 85.5 cm³/mol. The minimum absolute atomic E-state index is 0.433. The van der Waals surface area contributed by atoms with E-state index >= 15 is 0 Å². The van der Waals surface area contributed by atoms with Crippen molar-refractivity contribution in [1.82, 2.24) is 4.90 Å². The van der Waals surface area contributed by atoms with E-state index in [0.29, 0.717) is 6.04 Å². The molecule has 1 saturated carbocycles. The Labute approximate surface area is 128 Å². The zero-order chi connectivity index (χ0) is 13.2. The number of nitrogens with two attached hydrogens (primary N) is 1. The molecule has 0 radical (unpaired) electrons. The first-order valence-electron chi connectivity index (χ1n) is 7.50. The first-order valence-corrected chi connectivity index (χ1v) is 9.11. The van der Waals surface area contributed by atoms with Gasteiger partial charge in [0.2, 0.25) is 0 Å². The van der Waals surface area contributed by atoms with Crippen molar-refractivity contribution in [2.45, 2.75) is 50.6 Å². The van der Waals surface area contributed by atoms with Crippen molar-refractivity contribution in [3.05, 3.63) is 20.8 Å². The van der Waals surface area contributed by atoms with Gasteiger partial charge in [-0.1, -0.05) is 12.8 Å². The van der Waals surface area contributed by atoms with Gasteiger partial charge in [0.1, 0.15) is 0 Å². The van der Waals surface area contributed by atoms with Crippen LogP contribution in [0.2, 0.25) is 0 Å². The van der Waals surface area contributed by atoms with Gasteiger partial charge in [0.25, 0.3) is 0 Å². The van der Waals surface area contributed by atoms with E-state index in [9.17, 15) is 0 Å². The molecule has 1 saturated heterocycles. The second kappa shape index (κ2) is 6.25. The SMILES string of the molecule is NCC(c1ccc(Br)s1)N1CCC[C@H]2CCCC[C@H]21. The fraction of sp³-hybridized carbons (Fsp3) is 0.733. The van der Waals surface area contributed by atoms with Crippen LogP contribution in [0.25, 0.3) is 0 Å². The molecular formula is C15H23BrN2S. The lowest BCUT2D eigenvalue weighted by Gasteiger charge is -2.47. The molecule has 0 bridgehead atoms. The molecule has 1 aliphatic carbocycles. The van der Waals surface area contributed by atoms with Crippen LogP contribution in [0.1, 0.15) is 49.4 Å². The molecule has 4 heteroatoms. The molecule has 1 aliphatic heterocycles. The van der Waals surface area contributed by atoms with Crippen molar-refractivity contribution in [3.8, 4) is 0 Å². The molecule has 19 heavy (non-hydrogen) atoms. The highest BCUT2D eigenvalue weighted by molar-refractivity contribution is 9.11. The van der Waals surface area contributed by atoms with Gasteiger partial charge in [0.15, 0.2) is 0 Å². The summed E-state index contributed by atoms with van der Waals surface area (Å²) in [5, 5.41) is 0. The van der Waals surface area contributed by atoms with E-state index < -0.39 is 0 Å². The molecule has 2 fully saturated rings. The van der Waals surface area contributed by atoms with Crippen molar-refractivity contribution in [2.24, 2.45) is 11.7 Å². The van der Waals surface area contributed by atoms with Crippen molar-refractivity contribution in [3.63, 3.8) is 0 Å². The normalized spacial score (nSPS) is 30.0. The topological polar surface area (TPSA) is 29.3 Å². The number of hydrogen-bond acceptors (Lipinski definition) is 3. The second-order valence-electron chi connectivity index (χ2n) is 5.89. The maximum absolute atomic E-state index is 6.12. The molecule has 3 atom stereocenters. The van der Waals surface area contributed by atoms with Crippen molar-refractivity contribution < 1.29 is 0 Å². The quantitative estimate of drug-likeness (QED) is 0.893. The monoisotopic (exact) mass is 342 g/mol. The fourth-order valence-electron chi connectivity index (χ4n) is 3.97. The van der Waals surface area contributed by atoms with Gasteiger partial charge in [-0.25, -0.2) is 0 Å². The molecule has 2 aliphatic rings. The van der Waals surface area contributed by atoms with Crippen molar-refractivity contribution >= 4 is 27.3 Å². The highest BCUT2D eigenvalue weighted by atomic mass is 79.9. The second-order valence-corrected chi connectivity index (χ2v) is 8.38. The number of nitrogens with zero attached hydrogens (tertiary/aromatic N) is 1. The smallest absolute Gasteiger partial charge is 0.0702 e. The summed E-state index contributed by atoms with van der Waals surface area (Å²) in [5.74, 6) is 0.931. The number of piperidine rings is 1. The summed E-state index contributed by atoms with van der Waals surface area (Å²) in [6.07, 6.45) is 8.45. The van der Waals surface area contributed by atoms with E-state index in [1.165, 1.54) is 53.7 Å². The summed E-state index contributed by atoms with van der Waals surface area (Å²) in [6, 6.07) is 5.63. The summed E-state index contributed by atoms with van der Waals surface area (Å²) in [7, 11) is 0. The third-order valence-corrected chi connectivity index (χ3v) is 6.56. The van der Waals surface area contributed by atoms with E-state index in [-0.39, 0.29) is 0 Å². The molecule has 3 rings (SSSR count). The third-order valence-electron chi connectivity index (χ3n) is 4.83. The Morgan fingerprint density at radius 3 is 2.79 bits per heavy atom. The molecule has 0 spiro atoms. The van der Waals surface area contributed by atoms with Crippen LogP contribution >= 0.6 is 27.3 Å². The van der Waals surface area contributed by atoms with Gasteiger partial charge in [-0.15, -0.1) is 11.3 Å². The van der Waals surface area contributed by atoms with Gasteiger partial charge in [-0.2, -0.15) is 0 Å². The van der Waals surface area contributed by atoms with Crippen molar-refractivity contribution in [1.29, 1.82) is 0 Å². The van der Waals surface area contributed by atoms with E-state index in [0.717, 1.165) is 18.5 Å². The fourth-order valence-corrected chi connectivity index (χ4v) is 5.53. The highest BCUT2D eigenvalue weighted by Gasteiger charge is 2.36. The molecule has 1 aromatic heterocycles. The maximum atomic E-state index is 6.12. The van der Waals surface area contributed by atoms with Crippen molar-refractivity contribution in [2.75, 3.05) is 13.1 Å². The number of hydrogen-bond donors (Lipinski definition) is 1. The maximum Gasteiger partial charge on any atom is 0.0702 e. The molecule has 2 heterocycles. The molecule has 0 aromatic carbocycles. The lowest BCUT2D eigenvalue weighted by atomic mass is 9.77. The molecule has 1 aromatic rings. The van der Waals surface area contributed by atoms with Gasteiger partial charge in [0.05, 0.1) is 9.83 Å². The zero-order valence-electron chi connectivity index (χ0n) is 11.4. The summed E-state index contributed by atoms with van der Waals surface area (Å²) in [6.45, 7) is 1.98. The Balaban J connectivity index is 1.81. The van der Waals surface area contributed by atoms with E-state index in [1.807, 2.05) is 11.3 Å². The Morgan fingerprint density at radius 1 is 1.26 bits per heavy atom. The van der Waals surface area contributed by atoms with Gasteiger partial charge < -0.3 is 5.73 Å². The first kappa shape index (κ1) is 14.1. The minimum atomic E-state index is 0.433. The molecule has 0 amide bonds. The lowest BCUT2D eigenvalue weighted by molar-refractivity contribution is 0.0287. The Kier molecular flexibility index (Phi) is 4.62. The standard InChI is InChI=1S/C15H23BrN2S/c16-15-8-7-14(19-15)13(10-17)18-9-3-5-11-4-1-2-6-12(11)18/h7-8,11-13H,1-6,9-10,17H2/t11-,12-,13?/m1/s1. The van der Waals surface area contributed by atoms with Crippen LogP contribution in [-0.4, -0.2) is 24.0 Å². The molecule has 2 nitrogen and oxygen atoms in total.